The second-order valence-corrected chi connectivity index (χ2v) is 5.97. The van der Waals surface area contributed by atoms with Gasteiger partial charge in [0.25, 0.3) is 0 Å². The van der Waals surface area contributed by atoms with Gasteiger partial charge < -0.3 is 14.8 Å². The van der Waals surface area contributed by atoms with Crippen LogP contribution in [-0.2, 0) is 0 Å². The van der Waals surface area contributed by atoms with Crippen LogP contribution in [0.5, 0.6) is 11.5 Å². The molecule has 1 atom stereocenters. The Hall–Kier alpha value is -2.93. The minimum Gasteiger partial charge on any atom is -0.485 e. The number of thiocarbonyl (C=S) groups is 1. The third-order valence-electron chi connectivity index (χ3n) is 3.86. The van der Waals surface area contributed by atoms with Gasteiger partial charge in [0.15, 0.2) is 17.6 Å². The average molecular weight is 355 g/mol. The largest absolute Gasteiger partial charge is 0.485 e. The van der Waals surface area contributed by atoms with Gasteiger partial charge in [-0.1, -0.05) is 30.4 Å². The van der Waals surface area contributed by atoms with Crippen molar-refractivity contribution in [3.63, 3.8) is 0 Å². The van der Waals surface area contributed by atoms with E-state index in [4.69, 9.17) is 21.7 Å². The highest BCUT2D eigenvalue weighted by Crippen LogP contribution is 2.31. The molecule has 0 fully saturated rings. The number of ether oxygens (including phenoxy) is 2. The quantitative estimate of drug-likeness (QED) is 0.700. The number of nitrogens with one attached hydrogen (secondary N) is 2. The number of aromatic nitrogens is 2. The summed E-state index contributed by atoms with van der Waals surface area (Å²) in [6.45, 7) is 0.275. The molecule has 0 bridgehead atoms. The first-order valence-corrected chi connectivity index (χ1v) is 8.09. The Morgan fingerprint density at radius 2 is 2.04 bits per heavy atom. The molecule has 0 saturated carbocycles. The third kappa shape index (κ3) is 3.18. The molecule has 4 rings (SSSR count). The van der Waals surface area contributed by atoms with Crippen LogP contribution in [0.1, 0.15) is 0 Å². The molecule has 2 heterocycles. The van der Waals surface area contributed by atoms with E-state index >= 15 is 0 Å². The summed E-state index contributed by atoms with van der Waals surface area (Å²) in [6, 6.07) is 12.2. The number of anilines is 1. The number of benzene rings is 2. The summed E-state index contributed by atoms with van der Waals surface area (Å²) in [5, 5.41) is 9.48. The van der Waals surface area contributed by atoms with Crippen LogP contribution in [0.15, 0.2) is 54.9 Å². The lowest BCUT2D eigenvalue weighted by Gasteiger charge is -2.27. The summed E-state index contributed by atoms with van der Waals surface area (Å²) < 4.78 is 25.8. The minimum atomic E-state index is -0.474. The number of rotatable bonds is 3. The summed E-state index contributed by atoms with van der Waals surface area (Å²) in [6.07, 6.45) is 2.87. The van der Waals surface area contributed by atoms with Crippen molar-refractivity contribution in [3.05, 3.63) is 60.7 Å². The van der Waals surface area contributed by atoms with Crippen molar-refractivity contribution in [1.82, 2.24) is 10.2 Å². The molecule has 0 radical (unpaired) electrons. The van der Waals surface area contributed by atoms with E-state index in [0.29, 0.717) is 22.2 Å². The van der Waals surface area contributed by atoms with Gasteiger partial charge in [0.1, 0.15) is 17.4 Å². The lowest BCUT2D eigenvalue weighted by molar-refractivity contribution is 0.136. The first kappa shape index (κ1) is 15.6. The van der Waals surface area contributed by atoms with Crippen molar-refractivity contribution in [2.24, 2.45) is 0 Å². The Balaban J connectivity index is 1.48. The highest BCUT2D eigenvalue weighted by Gasteiger charge is 2.25. The van der Waals surface area contributed by atoms with Gasteiger partial charge in [-0.3, -0.25) is 5.10 Å². The van der Waals surface area contributed by atoms with Gasteiger partial charge in [-0.25, -0.2) is 4.39 Å². The van der Waals surface area contributed by atoms with Crippen LogP contribution in [0.3, 0.4) is 0 Å². The first-order valence-electron chi connectivity index (χ1n) is 7.69. The fraction of sp³-hybridized carbons (Fsp3) is 0.111. The standard InChI is InChI=1S/C18H14FN3O2S/c19-13-7-11(12-8-20-21-9-12)5-6-14(13)22-18(25)17-10-23-15-3-1-2-4-16(15)24-17/h1-9,17H,10H2,(H,20,21)(H,22,25). The molecule has 2 aromatic carbocycles. The van der Waals surface area contributed by atoms with Crippen LogP contribution < -0.4 is 14.8 Å². The van der Waals surface area contributed by atoms with Gasteiger partial charge in [-0.05, 0) is 29.8 Å². The predicted octanol–water partition coefficient (Wildman–Crippen LogP) is 3.80. The van der Waals surface area contributed by atoms with E-state index in [0.717, 1.165) is 11.1 Å². The maximum absolute atomic E-state index is 14.4. The molecule has 1 aliphatic heterocycles. The molecule has 1 aromatic heterocycles. The zero-order valence-corrected chi connectivity index (χ0v) is 13.8. The van der Waals surface area contributed by atoms with Gasteiger partial charge in [0.05, 0.1) is 11.9 Å². The van der Waals surface area contributed by atoms with E-state index in [2.05, 4.69) is 15.5 Å². The van der Waals surface area contributed by atoms with Gasteiger partial charge in [-0.2, -0.15) is 5.10 Å². The Labute approximate surface area is 148 Å². The fourth-order valence-corrected chi connectivity index (χ4v) is 2.79. The molecule has 2 N–H and O–H groups in total. The molecule has 126 valence electrons. The van der Waals surface area contributed by atoms with Crippen molar-refractivity contribution < 1.29 is 13.9 Å². The molecule has 0 amide bonds. The van der Waals surface area contributed by atoms with E-state index in [1.807, 2.05) is 24.3 Å². The zero-order valence-electron chi connectivity index (χ0n) is 13.0. The number of para-hydroxylation sites is 2. The summed E-state index contributed by atoms with van der Waals surface area (Å²) in [4.78, 5) is 0.365. The van der Waals surface area contributed by atoms with Crippen molar-refractivity contribution in [2.45, 2.75) is 6.10 Å². The maximum Gasteiger partial charge on any atom is 0.183 e. The van der Waals surface area contributed by atoms with Crippen molar-refractivity contribution >= 4 is 22.9 Å². The summed E-state index contributed by atoms with van der Waals surface area (Å²) in [7, 11) is 0. The molecular formula is C18H14FN3O2S. The maximum atomic E-state index is 14.4. The van der Waals surface area contributed by atoms with Gasteiger partial charge >= 0.3 is 0 Å². The van der Waals surface area contributed by atoms with E-state index in [9.17, 15) is 4.39 Å². The fourth-order valence-electron chi connectivity index (χ4n) is 2.57. The topological polar surface area (TPSA) is 59.2 Å². The molecule has 1 unspecified atom stereocenters. The van der Waals surface area contributed by atoms with E-state index in [-0.39, 0.29) is 6.61 Å². The Morgan fingerprint density at radius 1 is 1.20 bits per heavy atom. The first-order chi connectivity index (χ1) is 12.2. The molecule has 0 spiro atoms. The molecule has 3 aromatic rings. The number of halogens is 1. The molecule has 5 nitrogen and oxygen atoms in total. The lowest BCUT2D eigenvalue weighted by Crippen LogP contribution is -2.39. The van der Waals surface area contributed by atoms with Crippen molar-refractivity contribution in [3.8, 4) is 22.6 Å². The summed E-state index contributed by atoms with van der Waals surface area (Å²) in [5.74, 6) is 0.897. The van der Waals surface area contributed by atoms with Crippen LogP contribution in [-0.4, -0.2) is 27.9 Å². The van der Waals surface area contributed by atoms with Crippen molar-refractivity contribution in [2.75, 3.05) is 11.9 Å². The normalized spacial score (nSPS) is 15.6. The molecule has 0 aliphatic carbocycles. The number of hydrogen-bond acceptors (Lipinski definition) is 4. The SMILES string of the molecule is Fc1cc(-c2cn[nH]c2)ccc1NC(=S)C1COc2ccccc2O1. The smallest absolute Gasteiger partial charge is 0.183 e. The van der Waals surface area contributed by atoms with Crippen molar-refractivity contribution in [1.29, 1.82) is 0 Å². The Morgan fingerprint density at radius 3 is 2.80 bits per heavy atom. The average Bonchev–Trinajstić information content (AvgIpc) is 3.17. The third-order valence-corrected chi connectivity index (χ3v) is 4.22. The van der Waals surface area contributed by atoms with E-state index in [1.165, 1.54) is 6.07 Å². The van der Waals surface area contributed by atoms with Crippen LogP contribution in [0.2, 0.25) is 0 Å². The monoisotopic (exact) mass is 355 g/mol. The van der Waals surface area contributed by atoms with Crippen LogP contribution in [0.4, 0.5) is 10.1 Å². The molecule has 7 heteroatoms. The number of H-pyrrole nitrogens is 1. The number of nitrogens with zero attached hydrogens (tertiary/aromatic N) is 1. The highest BCUT2D eigenvalue weighted by molar-refractivity contribution is 7.80. The van der Waals surface area contributed by atoms with Gasteiger partial charge in [0, 0.05) is 11.8 Å². The lowest BCUT2D eigenvalue weighted by atomic mass is 10.1. The van der Waals surface area contributed by atoms with Crippen LogP contribution in [0, 0.1) is 5.82 Å². The minimum absolute atomic E-state index is 0.275. The highest BCUT2D eigenvalue weighted by atomic mass is 32.1. The zero-order chi connectivity index (χ0) is 17.2. The predicted molar refractivity (Wildman–Crippen MR) is 96.6 cm³/mol. The Bertz CT molecular complexity index is 914. The summed E-state index contributed by atoms with van der Waals surface area (Å²) in [5.41, 5.74) is 1.84. The second-order valence-electron chi connectivity index (χ2n) is 5.54. The number of hydrogen-bond donors (Lipinski definition) is 2. The van der Waals surface area contributed by atoms with Gasteiger partial charge in [-0.15, -0.1) is 0 Å². The summed E-state index contributed by atoms with van der Waals surface area (Å²) >= 11 is 5.36. The molecule has 25 heavy (non-hydrogen) atoms. The second kappa shape index (κ2) is 6.52. The van der Waals surface area contributed by atoms with Crippen LogP contribution >= 0.6 is 12.2 Å². The Kier molecular flexibility index (Phi) is 4.07. The van der Waals surface area contributed by atoms with Crippen LogP contribution in [0.25, 0.3) is 11.1 Å². The molecule has 0 saturated heterocycles. The van der Waals surface area contributed by atoms with E-state index in [1.54, 1.807) is 24.5 Å². The molecule has 1 aliphatic rings. The van der Waals surface area contributed by atoms with E-state index < -0.39 is 11.9 Å². The van der Waals surface area contributed by atoms with Gasteiger partial charge in [0.2, 0.25) is 0 Å². The number of fused-ring (bicyclic) bond motifs is 1. The number of aromatic amines is 1. The molecular weight excluding hydrogens is 341 g/mol.